The highest BCUT2D eigenvalue weighted by atomic mass is 16.5. The molecule has 178 valence electrons. The smallest absolute Gasteiger partial charge is 0.333 e. The van der Waals surface area contributed by atoms with E-state index in [4.69, 9.17) is 14.7 Å². The van der Waals surface area contributed by atoms with E-state index < -0.39 is 0 Å². The Kier molecular flexibility index (Phi) is 9.21. The van der Waals surface area contributed by atoms with E-state index in [0.717, 1.165) is 30.4 Å². The molecular formula is C29H28N2O4. The van der Waals surface area contributed by atoms with Gasteiger partial charge in [0.05, 0.1) is 24.8 Å². The van der Waals surface area contributed by atoms with E-state index >= 15 is 0 Å². The third kappa shape index (κ3) is 7.86. The molecule has 1 N–H and O–H groups in total. The van der Waals surface area contributed by atoms with Crippen LogP contribution in [0.25, 0.3) is 11.1 Å². The van der Waals surface area contributed by atoms with Gasteiger partial charge < -0.3 is 14.8 Å². The van der Waals surface area contributed by atoms with Gasteiger partial charge in [0.1, 0.15) is 5.75 Å². The van der Waals surface area contributed by atoms with E-state index in [1.165, 1.54) is 0 Å². The van der Waals surface area contributed by atoms with Gasteiger partial charge >= 0.3 is 5.97 Å². The van der Waals surface area contributed by atoms with E-state index in [1.54, 1.807) is 43.3 Å². The summed E-state index contributed by atoms with van der Waals surface area (Å²) in [5.74, 6) is 0.138. The highest BCUT2D eigenvalue weighted by molar-refractivity contribution is 6.04. The zero-order valence-electron chi connectivity index (χ0n) is 19.8. The van der Waals surface area contributed by atoms with Crippen LogP contribution >= 0.6 is 0 Å². The number of hydrogen-bond donors (Lipinski definition) is 1. The summed E-state index contributed by atoms with van der Waals surface area (Å²) >= 11 is 0. The van der Waals surface area contributed by atoms with E-state index in [0.29, 0.717) is 41.4 Å². The molecule has 0 aromatic heterocycles. The number of esters is 1. The van der Waals surface area contributed by atoms with Crippen LogP contribution in [0.5, 0.6) is 5.75 Å². The Morgan fingerprint density at radius 3 is 2.06 bits per heavy atom. The molecule has 0 saturated carbocycles. The van der Waals surface area contributed by atoms with Crippen molar-refractivity contribution in [2.24, 2.45) is 0 Å². The summed E-state index contributed by atoms with van der Waals surface area (Å²) in [6, 6.07) is 24.0. The van der Waals surface area contributed by atoms with Gasteiger partial charge in [0.15, 0.2) is 0 Å². The van der Waals surface area contributed by atoms with Crippen LogP contribution in [-0.2, 0) is 9.53 Å². The lowest BCUT2D eigenvalue weighted by Crippen LogP contribution is -2.11. The van der Waals surface area contributed by atoms with Crippen molar-refractivity contribution in [1.29, 1.82) is 5.26 Å². The number of hydrogen-bond acceptors (Lipinski definition) is 5. The minimum absolute atomic E-state index is 0.202. The molecule has 0 atom stereocenters. The van der Waals surface area contributed by atoms with Gasteiger partial charge in [-0.05, 0) is 85.8 Å². The highest BCUT2D eigenvalue weighted by Crippen LogP contribution is 2.22. The van der Waals surface area contributed by atoms with Gasteiger partial charge in [-0.1, -0.05) is 30.8 Å². The van der Waals surface area contributed by atoms with Crippen molar-refractivity contribution in [3.63, 3.8) is 0 Å². The zero-order chi connectivity index (χ0) is 25.0. The lowest BCUT2D eigenvalue weighted by atomic mass is 10.0. The first-order valence-corrected chi connectivity index (χ1v) is 11.4. The predicted octanol–water partition coefficient (Wildman–Crippen LogP) is 6.15. The van der Waals surface area contributed by atoms with Crippen molar-refractivity contribution >= 4 is 17.6 Å². The fourth-order valence-electron chi connectivity index (χ4n) is 3.25. The summed E-state index contributed by atoms with van der Waals surface area (Å²) < 4.78 is 10.8. The fourth-order valence-corrected chi connectivity index (χ4v) is 3.25. The van der Waals surface area contributed by atoms with E-state index in [1.807, 2.05) is 36.4 Å². The molecule has 3 aromatic rings. The molecule has 1 amide bonds. The molecule has 0 fully saturated rings. The number of carbonyl (C=O) groups excluding carboxylic acids is 2. The molecule has 3 rings (SSSR count). The number of amides is 1. The van der Waals surface area contributed by atoms with Gasteiger partial charge in [0.2, 0.25) is 0 Å². The van der Waals surface area contributed by atoms with Crippen molar-refractivity contribution < 1.29 is 19.1 Å². The summed E-state index contributed by atoms with van der Waals surface area (Å²) in [4.78, 5) is 23.9. The number of nitriles is 1. The Hall–Kier alpha value is -4.37. The van der Waals surface area contributed by atoms with Gasteiger partial charge in [-0.15, -0.1) is 0 Å². The second kappa shape index (κ2) is 12.8. The summed E-state index contributed by atoms with van der Waals surface area (Å²) in [5, 5.41) is 11.8. The van der Waals surface area contributed by atoms with Gasteiger partial charge in [-0.3, -0.25) is 4.79 Å². The minimum Gasteiger partial charge on any atom is -0.494 e. The molecule has 6 heteroatoms. The zero-order valence-corrected chi connectivity index (χ0v) is 19.8. The van der Waals surface area contributed by atoms with Crippen LogP contribution < -0.4 is 10.1 Å². The molecule has 0 heterocycles. The van der Waals surface area contributed by atoms with Crippen LogP contribution in [0.2, 0.25) is 0 Å². The van der Waals surface area contributed by atoms with Crippen LogP contribution in [0.1, 0.15) is 42.1 Å². The molecule has 0 radical (unpaired) electrons. The molecule has 0 saturated heterocycles. The Labute approximate surface area is 205 Å². The first-order chi connectivity index (χ1) is 17.0. The Morgan fingerprint density at radius 2 is 1.46 bits per heavy atom. The number of nitrogens with zero attached hydrogens (tertiary/aromatic N) is 1. The number of ether oxygens (including phenoxy) is 2. The number of unbranched alkanes of at least 4 members (excludes halogenated alkanes) is 2. The van der Waals surface area contributed by atoms with Crippen LogP contribution in [0.3, 0.4) is 0 Å². The molecule has 3 aromatic carbocycles. The fraction of sp³-hybridized carbons (Fsp3) is 0.207. The Bertz CT molecular complexity index is 1190. The van der Waals surface area contributed by atoms with Crippen LogP contribution in [0, 0.1) is 11.3 Å². The number of anilines is 1. The van der Waals surface area contributed by atoms with E-state index in [2.05, 4.69) is 18.0 Å². The van der Waals surface area contributed by atoms with Crippen molar-refractivity contribution in [3.05, 3.63) is 96.1 Å². The predicted molar refractivity (Wildman–Crippen MR) is 136 cm³/mol. The standard InChI is InChI=1S/C29H28N2O4/c1-21(2)29(33)35-19-5-3-4-18-34-27-16-12-25(13-17-27)28(32)31-26-14-10-24(11-15-26)23-8-6-22(20-30)7-9-23/h6-17H,1,3-5,18-19H2,2H3,(H,31,32). The maximum atomic E-state index is 12.6. The number of benzene rings is 3. The molecule has 0 bridgehead atoms. The molecule has 0 spiro atoms. The molecule has 35 heavy (non-hydrogen) atoms. The largest absolute Gasteiger partial charge is 0.494 e. The Balaban J connectivity index is 1.41. The van der Waals surface area contributed by atoms with Crippen molar-refractivity contribution in [2.45, 2.75) is 26.2 Å². The molecule has 0 unspecified atom stereocenters. The van der Waals surface area contributed by atoms with E-state index in [9.17, 15) is 9.59 Å². The number of carbonyl (C=O) groups is 2. The molecule has 6 nitrogen and oxygen atoms in total. The molecule has 0 aliphatic heterocycles. The van der Waals surface area contributed by atoms with Gasteiger partial charge in [0.25, 0.3) is 5.91 Å². The van der Waals surface area contributed by atoms with Gasteiger partial charge in [-0.25, -0.2) is 4.79 Å². The minimum atomic E-state index is -0.356. The lowest BCUT2D eigenvalue weighted by molar-refractivity contribution is -0.139. The maximum Gasteiger partial charge on any atom is 0.333 e. The highest BCUT2D eigenvalue weighted by Gasteiger charge is 2.07. The molecular weight excluding hydrogens is 440 g/mol. The normalized spacial score (nSPS) is 10.2. The first kappa shape index (κ1) is 25.3. The monoisotopic (exact) mass is 468 g/mol. The quantitative estimate of drug-likeness (QED) is 0.207. The van der Waals surface area contributed by atoms with Gasteiger partial charge in [-0.2, -0.15) is 5.26 Å². The van der Waals surface area contributed by atoms with Crippen molar-refractivity contribution in [3.8, 4) is 22.9 Å². The van der Waals surface area contributed by atoms with Crippen molar-refractivity contribution in [2.75, 3.05) is 18.5 Å². The second-order valence-electron chi connectivity index (χ2n) is 8.07. The van der Waals surface area contributed by atoms with Crippen LogP contribution in [0.15, 0.2) is 84.9 Å². The third-order valence-electron chi connectivity index (χ3n) is 5.25. The number of rotatable bonds is 11. The average Bonchev–Trinajstić information content (AvgIpc) is 2.88. The summed E-state index contributed by atoms with van der Waals surface area (Å²) in [6.45, 7) is 6.10. The third-order valence-corrected chi connectivity index (χ3v) is 5.25. The average molecular weight is 469 g/mol. The van der Waals surface area contributed by atoms with Gasteiger partial charge in [0, 0.05) is 16.8 Å². The summed E-state index contributed by atoms with van der Waals surface area (Å²) in [6.07, 6.45) is 2.50. The van der Waals surface area contributed by atoms with Crippen LogP contribution in [-0.4, -0.2) is 25.1 Å². The second-order valence-corrected chi connectivity index (χ2v) is 8.07. The summed E-state index contributed by atoms with van der Waals surface area (Å²) in [7, 11) is 0. The molecule has 0 aliphatic carbocycles. The number of nitrogens with one attached hydrogen (secondary N) is 1. The molecule has 0 aliphatic rings. The topological polar surface area (TPSA) is 88.4 Å². The van der Waals surface area contributed by atoms with E-state index in [-0.39, 0.29) is 11.9 Å². The summed E-state index contributed by atoms with van der Waals surface area (Å²) in [5.41, 5.74) is 4.26. The van der Waals surface area contributed by atoms with Crippen LogP contribution in [0.4, 0.5) is 5.69 Å². The first-order valence-electron chi connectivity index (χ1n) is 11.4. The SMILES string of the molecule is C=C(C)C(=O)OCCCCCOc1ccc(C(=O)Nc2ccc(-c3ccc(C#N)cc3)cc2)cc1. The maximum absolute atomic E-state index is 12.6. The van der Waals surface area contributed by atoms with Crippen molar-refractivity contribution in [1.82, 2.24) is 0 Å². The Morgan fingerprint density at radius 1 is 0.857 bits per heavy atom. The lowest BCUT2D eigenvalue weighted by Gasteiger charge is -2.09.